The van der Waals surface area contributed by atoms with Crippen LogP contribution in [0.2, 0.25) is 0 Å². The first-order chi connectivity index (χ1) is 7.51. The summed E-state index contributed by atoms with van der Waals surface area (Å²) in [5.41, 5.74) is 4.37. The van der Waals surface area contributed by atoms with Crippen molar-refractivity contribution in [2.75, 3.05) is 7.11 Å². The lowest BCUT2D eigenvalue weighted by atomic mass is 10.1. The van der Waals surface area contributed by atoms with Crippen LogP contribution in [0.15, 0.2) is 12.1 Å². The van der Waals surface area contributed by atoms with Gasteiger partial charge in [-0.3, -0.25) is 19.7 Å². The van der Waals surface area contributed by atoms with Crippen molar-refractivity contribution in [2.24, 2.45) is 5.73 Å². The molecule has 16 heavy (non-hydrogen) atoms. The fourth-order valence-electron chi connectivity index (χ4n) is 1.24. The van der Waals surface area contributed by atoms with Crippen LogP contribution < -0.4 is 10.5 Å². The van der Waals surface area contributed by atoms with E-state index >= 15 is 0 Å². The van der Waals surface area contributed by atoms with Crippen LogP contribution in [0, 0.1) is 10.1 Å². The number of methoxy groups -OCH3 is 1. The Labute approximate surface area is 90.0 Å². The van der Waals surface area contributed by atoms with Crippen LogP contribution >= 0.6 is 0 Å². The van der Waals surface area contributed by atoms with Crippen molar-refractivity contribution in [2.45, 2.75) is 0 Å². The standard InChI is InChI=1S/C9H8N2O5/c1-16-7-3-6(11(14)15)2-5(4-12)8(7)9(10)13/h2-4H,1H3,(H2,10,13). The number of aldehydes is 1. The van der Waals surface area contributed by atoms with Crippen molar-refractivity contribution >= 4 is 17.9 Å². The summed E-state index contributed by atoms with van der Waals surface area (Å²) in [6.07, 6.45) is 0.315. The minimum absolute atomic E-state index is 0.0937. The molecule has 0 fully saturated rings. The first-order valence-corrected chi connectivity index (χ1v) is 4.12. The normalized spacial score (nSPS) is 9.56. The second-order valence-corrected chi connectivity index (χ2v) is 2.85. The lowest BCUT2D eigenvalue weighted by Crippen LogP contribution is -2.15. The number of primary amides is 1. The molecule has 0 aliphatic heterocycles. The lowest BCUT2D eigenvalue weighted by molar-refractivity contribution is -0.384. The first kappa shape index (κ1) is 11.6. The van der Waals surface area contributed by atoms with Crippen molar-refractivity contribution in [3.05, 3.63) is 33.4 Å². The zero-order valence-corrected chi connectivity index (χ0v) is 8.30. The summed E-state index contributed by atoms with van der Waals surface area (Å²) in [5, 5.41) is 10.5. The Balaban J connectivity index is 3.55. The fourth-order valence-corrected chi connectivity index (χ4v) is 1.24. The van der Waals surface area contributed by atoms with E-state index in [0.29, 0.717) is 6.29 Å². The molecule has 1 amide bonds. The number of amides is 1. The molecule has 0 saturated carbocycles. The maximum absolute atomic E-state index is 11.1. The molecule has 7 nitrogen and oxygen atoms in total. The van der Waals surface area contributed by atoms with Crippen LogP contribution in [0.1, 0.15) is 20.7 Å². The molecule has 0 aliphatic rings. The molecular weight excluding hydrogens is 216 g/mol. The summed E-state index contributed by atoms with van der Waals surface area (Å²) in [4.78, 5) is 31.6. The Morgan fingerprint density at radius 1 is 1.56 bits per heavy atom. The average molecular weight is 224 g/mol. The number of nitro groups is 1. The molecule has 0 aliphatic carbocycles. The number of non-ortho nitro benzene ring substituents is 1. The van der Waals surface area contributed by atoms with E-state index in [9.17, 15) is 19.7 Å². The second kappa shape index (κ2) is 4.39. The predicted octanol–water partition coefficient (Wildman–Crippen LogP) is 0.515. The summed E-state index contributed by atoms with van der Waals surface area (Å²) < 4.78 is 4.78. The molecule has 7 heteroatoms. The number of hydrogen-bond donors (Lipinski definition) is 1. The maximum Gasteiger partial charge on any atom is 0.273 e. The molecule has 0 bridgehead atoms. The topological polar surface area (TPSA) is 113 Å². The quantitative estimate of drug-likeness (QED) is 0.455. The third-order valence-electron chi connectivity index (χ3n) is 1.92. The largest absolute Gasteiger partial charge is 0.496 e. The monoisotopic (exact) mass is 224 g/mol. The Morgan fingerprint density at radius 2 is 2.19 bits per heavy atom. The minimum Gasteiger partial charge on any atom is -0.496 e. The number of nitrogens with two attached hydrogens (primary N) is 1. The molecule has 1 rings (SSSR count). The highest BCUT2D eigenvalue weighted by Crippen LogP contribution is 2.27. The SMILES string of the molecule is COc1cc([N+](=O)[O-])cc(C=O)c1C(N)=O. The van der Waals surface area contributed by atoms with E-state index in [1.807, 2.05) is 0 Å². The van der Waals surface area contributed by atoms with Crippen LogP contribution in [0.5, 0.6) is 5.75 Å². The summed E-state index contributed by atoms with van der Waals surface area (Å²) in [6.45, 7) is 0. The third kappa shape index (κ3) is 1.97. The third-order valence-corrected chi connectivity index (χ3v) is 1.92. The van der Waals surface area contributed by atoms with E-state index in [1.54, 1.807) is 0 Å². The van der Waals surface area contributed by atoms with Crippen molar-refractivity contribution < 1.29 is 19.2 Å². The van der Waals surface area contributed by atoms with Crippen LogP contribution in [-0.4, -0.2) is 24.2 Å². The van der Waals surface area contributed by atoms with Gasteiger partial charge < -0.3 is 10.5 Å². The van der Waals surface area contributed by atoms with Gasteiger partial charge in [0.05, 0.1) is 23.7 Å². The minimum atomic E-state index is -0.881. The van der Waals surface area contributed by atoms with Crippen molar-refractivity contribution in [3.63, 3.8) is 0 Å². The van der Waals surface area contributed by atoms with E-state index in [4.69, 9.17) is 10.5 Å². The van der Waals surface area contributed by atoms with Gasteiger partial charge >= 0.3 is 0 Å². The van der Waals surface area contributed by atoms with Crippen molar-refractivity contribution in [1.82, 2.24) is 0 Å². The maximum atomic E-state index is 11.1. The van der Waals surface area contributed by atoms with Gasteiger partial charge in [0.2, 0.25) is 0 Å². The van der Waals surface area contributed by atoms with Gasteiger partial charge in [0.25, 0.3) is 11.6 Å². The zero-order valence-electron chi connectivity index (χ0n) is 8.30. The molecular formula is C9H8N2O5. The number of hydrogen-bond acceptors (Lipinski definition) is 5. The highest BCUT2D eigenvalue weighted by Gasteiger charge is 2.20. The smallest absolute Gasteiger partial charge is 0.273 e. The summed E-state index contributed by atoms with van der Waals surface area (Å²) in [7, 11) is 1.22. The first-order valence-electron chi connectivity index (χ1n) is 4.12. The number of rotatable bonds is 4. The molecule has 0 radical (unpaired) electrons. The van der Waals surface area contributed by atoms with E-state index in [2.05, 4.69) is 0 Å². The molecule has 0 unspecified atom stereocenters. The van der Waals surface area contributed by atoms with Crippen molar-refractivity contribution in [3.8, 4) is 5.75 Å². The number of nitro benzene ring substituents is 1. The fraction of sp³-hybridized carbons (Fsp3) is 0.111. The molecule has 1 aromatic rings. The van der Waals surface area contributed by atoms with Gasteiger partial charge in [0, 0.05) is 11.6 Å². The second-order valence-electron chi connectivity index (χ2n) is 2.85. The van der Waals surface area contributed by atoms with Crippen molar-refractivity contribution in [1.29, 1.82) is 0 Å². The number of carbonyl (C=O) groups is 2. The van der Waals surface area contributed by atoms with Gasteiger partial charge in [-0.25, -0.2) is 0 Å². The van der Waals surface area contributed by atoms with E-state index in [0.717, 1.165) is 12.1 Å². The van der Waals surface area contributed by atoms with Crippen LogP contribution in [-0.2, 0) is 0 Å². The van der Waals surface area contributed by atoms with Gasteiger partial charge in [-0.15, -0.1) is 0 Å². The number of benzene rings is 1. The van der Waals surface area contributed by atoms with Gasteiger partial charge in [0.15, 0.2) is 6.29 Å². The molecule has 1 aromatic carbocycles. The van der Waals surface area contributed by atoms with Gasteiger partial charge in [-0.1, -0.05) is 0 Å². The Kier molecular flexibility index (Phi) is 3.19. The average Bonchev–Trinajstić information content (AvgIpc) is 2.26. The summed E-state index contributed by atoms with van der Waals surface area (Å²) >= 11 is 0. The lowest BCUT2D eigenvalue weighted by Gasteiger charge is -2.07. The highest BCUT2D eigenvalue weighted by atomic mass is 16.6. The number of carbonyl (C=O) groups excluding carboxylic acids is 2. The summed E-state index contributed by atoms with van der Waals surface area (Å²) in [5.74, 6) is -0.974. The predicted molar refractivity (Wildman–Crippen MR) is 53.6 cm³/mol. The van der Waals surface area contributed by atoms with Crippen LogP contribution in [0.4, 0.5) is 5.69 Å². The Morgan fingerprint density at radius 3 is 2.56 bits per heavy atom. The molecule has 84 valence electrons. The molecule has 0 aromatic heterocycles. The Bertz CT molecular complexity index is 469. The van der Waals surface area contributed by atoms with E-state index < -0.39 is 10.8 Å². The van der Waals surface area contributed by atoms with E-state index in [-0.39, 0.29) is 22.6 Å². The molecule has 0 spiro atoms. The molecule has 0 atom stereocenters. The van der Waals surface area contributed by atoms with E-state index in [1.165, 1.54) is 7.11 Å². The highest BCUT2D eigenvalue weighted by molar-refractivity contribution is 6.03. The zero-order chi connectivity index (χ0) is 12.3. The Hall–Kier alpha value is -2.44. The molecule has 0 saturated heterocycles. The van der Waals surface area contributed by atoms with Crippen LogP contribution in [0.3, 0.4) is 0 Å². The summed E-state index contributed by atoms with van der Waals surface area (Å²) in [6, 6.07) is 2.00. The van der Waals surface area contributed by atoms with Gasteiger partial charge in [-0.05, 0) is 0 Å². The van der Waals surface area contributed by atoms with Gasteiger partial charge in [0.1, 0.15) is 5.75 Å². The number of nitrogens with zero attached hydrogens (tertiary/aromatic N) is 1. The number of ether oxygens (including phenoxy) is 1. The van der Waals surface area contributed by atoms with Gasteiger partial charge in [-0.2, -0.15) is 0 Å². The molecule has 2 N–H and O–H groups in total. The molecule has 0 heterocycles. The van der Waals surface area contributed by atoms with Crippen LogP contribution in [0.25, 0.3) is 0 Å².